The van der Waals surface area contributed by atoms with Crippen molar-refractivity contribution in [1.29, 1.82) is 0 Å². The van der Waals surface area contributed by atoms with Crippen molar-refractivity contribution in [1.82, 2.24) is 0 Å². The van der Waals surface area contributed by atoms with Crippen molar-refractivity contribution in [3.05, 3.63) is 28.3 Å². The zero-order valence-corrected chi connectivity index (χ0v) is 11.3. The highest BCUT2D eigenvalue weighted by Crippen LogP contribution is 2.28. The highest BCUT2D eigenvalue weighted by molar-refractivity contribution is 6.32. The van der Waals surface area contributed by atoms with Crippen LogP contribution in [0.2, 0.25) is 5.02 Å². The SMILES string of the molecule is CCOC(=O)C(C)Oc1cc(C)c(C)cc1Cl. The molecule has 0 saturated carbocycles. The fourth-order valence-electron chi connectivity index (χ4n) is 1.34. The van der Waals surface area contributed by atoms with Crippen LogP contribution < -0.4 is 4.74 Å². The van der Waals surface area contributed by atoms with E-state index in [4.69, 9.17) is 21.1 Å². The molecule has 1 aromatic carbocycles. The number of halogens is 1. The van der Waals surface area contributed by atoms with Crippen LogP contribution in [0.15, 0.2) is 12.1 Å². The van der Waals surface area contributed by atoms with Gasteiger partial charge in [-0.05, 0) is 51.0 Å². The molecule has 1 atom stereocenters. The lowest BCUT2D eigenvalue weighted by molar-refractivity contribution is -0.150. The molecule has 17 heavy (non-hydrogen) atoms. The summed E-state index contributed by atoms with van der Waals surface area (Å²) in [6.07, 6.45) is -0.658. The van der Waals surface area contributed by atoms with Gasteiger partial charge in [0.05, 0.1) is 11.6 Å². The zero-order chi connectivity index (χ0) is 13.0. The standard InChI is InChI=1S/C13H17ClO3/c1-5-16-13(15)10(4)17-12-7-9(3)8(2)6-11(12)14/h6-7,10H,5H2,1-4H3. The molecule has 0 aliphatic rings. The molecule has 0 saturated heterocycles. The highest BCUT2D eigenvalue weighted by Gasteiger charge is 2.17. The van der Waals surface area contributed by atoms with Gasteiger partial charge in [-0.2, -0.15) is 0 Å². The van der Waals surface area contributed by atoms with Crippen LogP contribution in [0.1, 0.15) is 25.0 Å². The van der Waals surface area contributed by atoms with Crippen LogP contribution in [0.3, 0.4) is 0 Å². The minimum absolute atomic E-state index is 0.340. The van der Waals surface area contributed by atoms with E-state index in [1.54, 1.807) is 13.8 Å². The lowest BCUT2D eigenvalue weighted by Gasteiger charge is -2.15. The zero-order valence-electron chi connectivity index (χ0n) is 10.5. The van der Waals surface area contributed by atoms with Crippen molar-refractivity contribution in [2.24, 2.45) is 0 Å². The fourth-order valence-corrected chi connectivity index (χ4v) is 1.61. The second-order valence-corrected chi connectivity index (χ2v) is 4.29. The minimum Gasteiger partial charge on any atom is -0.477 e. The summed E-state index contributed by atoms with van der Waals surface area (Å²) in [7, 11) is 0. The quantitative estimate of drug-likeness (QED) is 0.776. The molecule has 1 aromatic rings. The van der Waals surface area contributed by atoms with E-state index in [0.29, 0.717) is 17.4 Å². The maximum atomic E-state index is 11.4. The number of hydrogen-bond donors (Lipinski definition) is 0. The van der Waals surface area contributed by atoms with Gasteiger partial charge in [-0.3, -0.25) is 0 Å². The molecule has 0 bridgehead atoms. The molecular weight excluding hydrogens is 240 g/mol. The summed E-state index contributed by atoms with van der Waals surface area (Å²) in [4.78, 5) is 11.4. The van der Waals surface area contributed by atoms with E-state index >= 15 is 0 Å². The Morgan fingerprint density at radius 1 is 1.35 bits per heavy atom. The molecule has 0 spiro atoms. The van der Waals surface area contributed by atoms with Gasteiger partial charge in [0, 0.05) is 0 Å². The number of carbonyl (C=O) groups excluding carboxylic acids is 1. The summed E-state index contributed by atoms with van der Waals surface area (Å²) in [5.74, 6) is 0.122. The minimum atomic E-state index is -0.658. The third-order valence-corrected chi connectivity index (χ3v) is 2.77. The maximum absolute atomic E-state index is 11.4. The van der Waals surface area contributed by atoms with E-state index in [0.717, 1.165) is 11.1 Å². The van der Waals surface area contributed by atoms with E-state index in [1.807, 2.05) is 26.0 Å². The van der Waals surface area contributed by atoms with E-state index in [-0.39, 0.29) is 5.97 Å². The molecule has 0 fully saturated rings. The molecule has 0 heterocycles. The Morgan fingerprint density at radius 2 is 1.94 bits per heavy atom. The van der Waals surface area contributed by atoms with Crippen LogP contribution >= 0.6 is 11.6 Å². The van der Waals surface area contributed by atoms with Crippen molar-refractivity contribution in [2.45, 2.75) is 33.8 Å². The fraction of sp³-hybridized carbons (Fsp3) is 0.462. The average Bonchev–Trinajstić information content (AvgIpc) is 2.26. The molecule has 0 aromatic heterocycles. The highest BCUT2D eigenvalue weighted by atomic mass is 35.5. The van der Waals surface area contributed by atoms with E-state index in [2.05, 4.69) is 0 Å². The van der Waals surface area contributed by atoms with Gasteiger partial charge in [-0.15, -0.1) is 0 Å². The maximum Gasteiger partial charge on any atom is 0.347 e. The number of aryl methyl sites for hydroxylation is 2. The summed E-state index contributed by atoms with van der Waals surface area (Å²) in [6, 6.07) is 3.65. The lowest BCUT2D eigenvalue weighted by Crippen LogP contribution is -2.26. The normalized spacial score (nSPS) is 12.1. The topological polar surface area (TPSA) is 35.5 Å². The summed E-state index contributed by atoms with van der Waals surface area (Å²) >= 11 is 6.05. The van der Waals surface area contributed by atoms with Gasteiger partial charge >= 0.3 is 5.97 Å². The first-order chi connectivity index (χ1) is 7.95. The number of carbonyl (C=O) groups is 1. The second-order valence-electron chi connectivity index (χ2n) is 3.88. The van der Waals surface area contributed by atoms with E-state index in [1.165, 1.54) is 0 Å². The molecule has 0 N–H and O–H groups in total. The molecule has 1 rings (SSSR count). The van der Waals surface area contributed by atoms with Crippen LogP contribution in [0.4, 0.5) is 0 Å². The van der Waals surface area contributed by atoms with Gasteiger partial charge in [-0.25, -0.2) is 4.79 Å². The van der Waals surface area contributed by atoms with Crippen LogP contribution in [0.5, 0.6) is 5.75 Å². The Balaban J connectivity index is 2.81. The molecule has 0 aliphatic carbocycles. The van der Waals surface area contributed by atoms with Crippen LogP contribution in [-0.4, -0.2) is 18.7 Å². The third-order valence-electron chi connectivity index (χ3n) is 2.47. The first kappa shape index (κ1) is 13.8. The molecule has 0 aliphatic heterocycles. The van der Waals surface area contributed by atoms with Gasteiger partial charge < -0.3 is 9.47 Å². The van der Waals surface area contributed by atoms with Gasteiger partial charge in [0.1, 0.15) is 5.75 Å². The van der Waals surface area contributed by atoms with Gasteiger partial charge in [0.2, 0.25) is 0 Å². The van der Waals surface area contributed by atoms with Gasteiger partial charge in [0.25, 0.3) is 0 Å². The van der Waals surface area contributed by atoms with Crippen molar-refractivity contribution in [3.63, 3.8) is 0 Å². The first-order valence-electron chi connectivity index (χ1n) is 5.55. The Kier molecular flexibility index (Phi) is 4.82. The number of rotatable bonds is 4. The summed E-state index contributed by atoms with van der Waals surface area (Å²) < 4.78 is 10.4. The first-order valence-corrected chi connectivity index (χ1v) is 5.93. The van der Waals surface area contributed by atoms with Crippen molar-refractivity contribution < 1.29 is 14.3 Å². The Morgan fingerprint density at radius 3 is 2.53 bits per heavy atom. The predicted molar refractivity (Wildman–Crippen MR) is 67.6 cm³/mol. The number of hydrogen-bond acceptors (Lipinski definition) is 3. The Labute approximate surface area is 107 Å². The number of esters is 1. The number of ether oxygens (including phenoxy) is 2. The largest absolute Gasteiger partial charge is 0.477 e. The number of benzene rings is 1. The lowest BCUT2D eigenvalue weighted by atomic mass is 10.1. The van der Waals surface area contributed by atoms with Crippen molar-refractivity contribution in [2.75, 3.05) is 6.61 Å². The van der Waals surface area contributed by atoms with Crippen LogP contribution in [-0.2, 0) is 9.53 Å². The molecule has 0 amide bonds. The molecular formula is C13H17ClO3. The van der Waals surface area contributed by atoms with E-state index < -0.39 is 6.10 Å². The molecule has 4 heteroatoms. The van der Waals surface area contributed by atoms with Gasteiger partial charge in [0.15, 0.2) is 6.10 Å². The monoisotopic (exact) mass is 256 g/mol. The smallest absolute Gasteiger partial charge is 0.347 e. The van der Waals surface area contributed by atoms with Crippen molar-refractivity contribution in [3.8, 4) is 5.75 Å². The molecule has 0 radical (unpaired) electrons. The third kappa shape index (κ3) is 3.63. The summed E-state index contributed by atoms with van der Waals surface area (Å²) in [5.41, 5.74) is 2.16. The summed E-state index contributed by atoms with van der Waals surface area (Å²) in [5, 5.41) is 0.504. The molecule has 94 valence electrons. The molecule has 1 unspecified atom stereocenters. The Bertz CT molecular complexity index is 415. The van der Waals surface area contributed by atoms with Crippen molar-refractivity contribution >= 4 is 17.6 Å². The second kappa shape index (κ2) is 5.92. The van der Waals surface area contributed by atoms with Gasteiger partial charge in [-0.1, -0.05) is 11.6 Å². The van der Waals surface area contributed by atoms with E-state index in [9.17, 15) is 4.79 Å². The average molecular weight is 257 g/mol. The predicted octanol–water partition coefficient (Wildman–Crippen LogP) is 3.29. The summed E-state index contributed by atoms with van der Waals surface area (Å²) in [6.45, 7) is 7.68. The Hall–Kier alpha value is -1.22. The van der Waals surface area contributed by atoms with Crippen LogP contribution in [0, 0.1) is 13.8 Å². The van der Waals surface area contributed by atoms with Crippen LogP contribution in [0.25, 0.3) is 0 Å². The molecule has 3 nitrogen and oxygen atoms in total.